The van der Waals surface area contributed by atoms with E-state index in [0.717, 1.165) is 4.31 Å². The second-order valence-electron chi connectivity index (χ2n) is 5.10. The van der Waals surface area contributed by atoms with E-state index < -0.39 is 15.9 Å². The van der Waals surface area contributed by atoms with Crippen molar-refractivity contribution >= 4 is 45.0 Å². The van der Waals surface area contributed by atoms with Crippen LogP contribution in [0.15, 0.2) is 58.1 Å². The van der Waals surface area contributed by atoms with E-state index in [4.69, 9.17) is 16.6 Å². The van der Waals surface area contributed by atoms with Gasteiger partial charge in [-0.25, -0.2) is 12.7 Å². The summed E-state index contributed by atoms with van der Waals surface area (Å²) in [5.74, 6) is 0.132. The molecular weight excluding hydrogens is 362 g/mol. The van der Waals surface area contributed by atoms with E-state index in [2.05, 4.69) is 10.6 Å². The van der Waals surface area contributed by atoms with E-state index in [1.165, 1.54) is 44.6 Å². The van der Waals surface area contributed by atoms with Gasteiger partial charge in [0.05, 0.1) is 11.2 Å². The standard InChI is InChI=1S/C16H17N3O4S2/c1-19(2)25(21,22)14-8-5-12(6-9-14)17-16(24)18-15(20)10-7-13-4-3-11-23-13/h3-11H,1-2H3,(H2,17,18,20,24)/b10-7-. The molecule has 2 rings (SSSR count). The molecule has 0 saturated carbocycles. The number of furan rings is 1. The number of amides is 1. The number of carbonyl (C=O) groups excluding carboxylic acids is 1. The number of rotatable bonds is 5. The molecule has 1 aromatic heterocycles. The Morgan fingerprint density at radius 2 is 1.88 bits per heavy atom. The molecule has 0 atom stereocenters. The van der Waals surface area contributed by atoms with Gasteiger partial charge in [-0.3, -0.25) is 10.1 Å². The molecule has 0 aliphatic heterocycles. The molecular formula is C16H17N3O4S2. The van der Waals surface area contributed by atoms with Crippen LogP contribution in [0.4, 0.5) is 5.69 Å². The Labute approximate surface area is 151 Å². The summed E-state index contributed by atoms with van der Waals surface area (Å²) in [6.45, 7) is 0. The Kier molecular flexibility index (Phi) is 6.07. The second kappa shape index (κ2) is 8.06. The first-order valence-electron chi connectivity index (χ1n) is 7.15. The third-order valence-electron chi connectivity index (χ3n) is 3.07. The van der Waals surface area contributed by atoms with Gasteiger partial charge >= 0.3 is 0 Å². The van der Waals surface area contributed by atoms with E-state index in [0.29, 0.717) is 11.4 Å². The van der Waals surface area contributed by atoms with Gasteiger partial charge in [0.2, 0.25) is 15.9 Å². The summed E-state index contributed by atoms with van der Waals surface area (Å²) in [5.41, 5.74) is 0.554. The maximum absolute atomic E-state index is 12.0. The van der Waals surface area contributed by atoms with E-state index >= 15 is 0 Å². The van der Waals surface area contributed by atoms with Gasteiger partial charge in [-0.2, -0.15) is 0 Å². The molecule has 0 aliphatic rings. The molecule has 0 radical (unpaired) electrons. The van der Waals surface area contributed by atoms with Crippen LogP contribution in [0.25, 0.3) is 6.08 Å². The minimum atomic E-state index is -3.49. The minimum absolute atomic E-state index is 0.0947. The van der Waals surface area contributed by atoms with Gasteiger partial charge < -0.3 is 9.73 Å². The van der Waals surface area contributed by atoms with Crippen molar-refractivity contribution < 1.29 is 17.6 Å². The largest absolute Gasteiger partial charge is 0.465 e. The molecule has 0 fully saturated rings. The van der Waals surface area contributed by atoms with Crippen LogP contribution in [0, 0.1) is 0 Å². The van der Waals surface area contributed by atoms with E-state index in [-0.39, 0.29) is 10.0 Å². The van der Waals surface area contributed by atoms with Crippen LogP contribution in [0.1, 0.15) is 5.76 Å². The van der Waals surface area contributed by atoms with Gasteiger partial charge in [-0.15, -0.1) is 0 Å². The lowest BCUT2D eigenvalue weighted by atomic mass is 10.3. The Hall–Kier alpha value is -2.49. The molecule has 132 valence electrons. The first-order chi connectivity index (χ1) is 11.8. The SMILES string of the molecule is CN(C)S(=O)(=O)c1ccc(NC(=S)NC(=O)/C=C\c2ccco2)cc1. The maximum Gasteiger partial charge on any atom is 0.250 e. The quantitative estimate of drug-likeness (QED) is 0.610. The zero-order valence-electron chi connectivity index (χ0n) is 13.6. The van der Waals surface area contributed by atoms with Crippen LogP contribution in [0.2, 0.25) is 0 Å². The first-order valence-corrected chi connectivity index (χ1v) is 9.00. The minimum Gasteiger partial charge on any atom is -0.465 e. The highest BCUT2D eigenvalue weighted by Gasteiger charge is 2.16. The average Bonchev–Trinajstić information content (AvgIpc) is 3.06. The molecule has 0 saturated heterocycles. The Morgan fingerprint density at radius 1 is 1.20 bits per heavy atom. The fraction of sp³-hybridized carbons (Fsp3) is 0.125. The lowest BCUT2D eigenvalue weighted by molar-refractivity contribution is -0.115. The average molecular weight is 379 g/mol. The molecule has 2 N–H and O–H groups in total. The lowest BCUT2D eigenvalue weighted by Crippen LogP contribution is -2.32. The van der Waals surface area contributed by atoms with Crippen molar-refractivity contribution in [1.82, 2.24) is 9.62 Å². The van der Waals surface area contributed by atoms with Gasteiger partial charge in [0, 0.05) is 25.9 Å². The summed E-state index contributed by atoms with van der Waals surface area (Å²) in [7, 11) is -0.564. The van der Waals surface area contributed by atoms with E-state index in [9.17, 15) is 13.2 Å². The number of anilines is 1. The van der Waals surface area contributed by atoms with Crippen molar-refractivity contribution in [3.63, 3.8) is 0 Å². The molecule has 25 heavy (non-hydrogen) atoms. The topological polar surface area (TPSA) is 91.7 Å². The van der Waals surface area contributed by atoms with Crippen molar-refractivity contribution in [2.45, 2.75) is 4.90 Å². The van der Waals surface area contributed by atoms with Crippen molar-refractivity contribution in [3.8, 4) is 0 Å². The van der Waals surface area contributed by atoms with Crippen LogP contribution in [-0.2, 0) is 14.8 Å². The highest BCUT2D eigenvalue weighted by atomic mass is 32.2. The summed E-state index contributed by atoms with van der Waals surface area (Å²) in [5, 5.41) is 5.38. The van der Waals surface area contributed by atoms with E-state index in [1.807, 2.05) is 0 Å². The number of sulfonamides is 1. The summed E-state index contributed by atoms with van der Waals surface area (Å²) >= 11 is 5.05. The number of hydrogen-bond acceptors (Lipinski definition) is 5. The predicted octanol–water partition coefficient (Wildman–Crippen LogP) is 2.06. The van der Waals surface area contributed by atoms with Gasteiger partial charge in [0.15, 0.2) is 5.11 Å². The summed E-state index contributed by atoms with van der Waals surface area (Å²) in [6, 6.07) is 9.46. The molecule has 0 aliphatic carbocycles. The molecule has 1 aromatic carbocycles. The van der Waals surface area contributed by atoms with Crippen molar-refractivity contribution in [1.29, 1.82) is 0 Å². The Morgan fingerprint density at radius 3 is 2.44 bits per heavy atom. The molecule has 7 nitrogen and oxygen atoms in total. The van der Waals surface area contributed by atoms with Crippen molar-refractivity contribution in [3.05, 3.63) is 54.5 Å². The zero-order chi connectivity index (χ0) is 18.4. The van der Waals surface area contributed by atoms with Crippen molar-refractivity contribution in [2.75, 3.05) is 19.4 Å². The van der Waals surface area contributed by atoms with Crippen LogP contribution in [0.5, 0.6) is 0 Å². The highest BCUT2D eigenvalue weighted by Crippen LogP contribution is 2.16. The number of thiocarbonyl (C=S) groups is 1. The maximum atomic E-state index is 12.0. The predicted molar refractivity (Wildman–Crippen MR) is 99.4 cm³/mol. The van der Waals surface area contributed by atoms with Gasteiger partial charge in [-0.1, -0.05) is 0 Å². The molecule has 0 unspecified atom stereocenters. The fourth-order valence-corrected chi connectivity index (χ4v) is 2.90. The molecule has 0 bridgehead atoms. The van der Waals surface area contributed by atoms with Gasteiger partial charge in [-0.05, 0) is 54.7 Å². The van der Waals surface area contributed by atoms with Gasteiger partial charge in [0.1, 0.15) is 5.76 Å². The molecule has 1 heterocycles. The molecule has 0 spiro atoms. The normalized spacial score (nSPS) is 11.6. The van der Waals surface area contributed by atoms with Crippen LogP contribution >= 0.6 is 12.2 Å². The summed E-state index contributed by atoms with van der Waals surface area (Å²) < 4.78 is 30.2. The van der Waals surface area contributed by atoms with Gasteiger partial charge in [0.25, 0.3) is 0 Å². The third-order valence-corrected chi connectivity index (χ3v) is 5.10. The summed E-state index contributed by atoms with van der Waals surface area (Å²) in [4.78, 5) is 11.9. The number of nitrogens with zero attached hydrogens (tertiary/aromatic N) is 1. The smallest absolute Gasteiger partial charge is 0.250 e. The monoisotopic (exact) mass is 379 g/mol. The third kappa shape index (κ3) is 5.24. The van der Waals surface area contributed by atoms with E-state index in [1.54, 1.807) is 24.3 Å². The molecule has 2 aromatic rings. The lowest BCUT2D eigenvalue weighted by Gasteiger charge is -2.12. The highest BCUT2D eigenvalue weighted by molar-refractivity contribution is 7.89. The Bertz CT molecular complexity index is 871. The number of carbonyl (C=O) groups is 1. The van der Waals surface area contributed by atoms with Crippen LogP contribution in [-0.4, -0.2) is 37.8 Å². The zero-order valence-corrected chi connectivity index (χ0v) is 15.2. The summed E-state index contributed by atoms with van der Waals surface area (Å²) in [6.07, 6.45) is 4.31. The number of nitrogens with one attached hydrogen (secondary N) is 2. The van der Waals surface area contributed by atoms with Crippen molar-refractivity contribution in [2.24, 2.45) is 0 Å². The van der Waals surface area contributed by atoms with Crippen LogP contribution < -0.4 is 10.6 Å². The van der Waals surface area contributed by atoms with Crippen LogP contribution in [0.3, 0.4) is 0 Å². The number of hydrogen-bond donors (Lipinski definition) is 2. The first kappa shape index (κ1) is 18.8. The number of benzene rings is 1. The molecule has 1 amide bonds. The Balaban J connectivity index is 1.93. The second-order valence-corrected chi connectivity index (χ2v) is 7.66. The molecule has 9 heteroatoms. The fourth-order valence-electron chi connectivity index (χ4n) is 1.78.